The number of hydrogen-bond acceptors (Lipinski definition) is 9. The molecule has 0 amide bonds. The molecule has 0 atom stereocenters. The second-order valence-electron chi connectivity index (χ2n) is 19.8. The van der Waals surface area contributed by atoms with E-state index < -0.39 is 40.1 Å². The number of rotatable bonds is 30. The van der Waals surface area contributed by atoms with Crippen LogP contribution < -0.4 is 0 Å². The van der Waals surface area contributed by atoms with E-state index in [9.17, 15) is 33.7 Å². The van der Waals surface area contributed by atoms with E-state index in [1.807, 2.05) is 52.0 Å². The van der Waals surface area contributed by atoms with Crippen LogP contribution >= 0.6 is 0 Å². The average Bonchev–Trinajstić information content (AvgIpc) is 3.76. The summed E-state index contributed by atoms with van der Waals surface area (Å²) < 4.78 is 121. The Hall–Kier alpha value is -5.28. The molecule has 0 aliphatic rings. The van der Waals surface area contributed by atoms with Gasteiger partial charge in [0.05, 0.1) is 19.6 Å². The van der Waals surface area contributed by atoms with Gasteiger partial charge in [0.15, 0.2) is 0 Å². The maximum Gasteiger partial charge on any atom is 0.243 e. The summed E-state index contributed by atoms with van der Waals surface area (Å²) in [5.41, 5.74) is 6.00. The van der Waals surface area contributed by atoms with Crippen molar-refractivity contribution >= 4 is 61.9 Å². The van der Waals surface area contributed by atoms with E-state index >= 15 is 0 Å². The lowest BCUT2D eigenvalue weighted by molar-refractivity contribution is 0.240. The number of hydrogen-bond donors (Lipinski definition) is 0. The zero-order valence-corrected chi connectivity index (χ0v) is 48.7. The maximum atomic E-state index is 14.5. The highest BCUT2D eigenvalue weighted by molar-refractivity contribution is 7.90. The molecule has 0 aliphatic carbocycles. The number of aryl methyl sites for hydroxylation is 5. The fraction of sp³-hybridized carbons (Fsp3) is 0.390. The van der Waals surface area contributed by atoms with Crippen molar-refractivity contribution in [2.24, 2.45) is 0 Å². The normalized spacial score (nSPS) is 12.9. The van der Waals surface area contributed by atoms with E-state index in [1.54, 1.807) is 111 Å². The third-order valence-corrected chi connectivity index (χ3v) is 22.1. The smallest absolute Gasteiger partial charge is 0.243 e. The van der Waals surface area contributed by atoms with Gasteiger partial charge in [-0.05, 0) is 140 Å². The quantitative estimate of drug-likeness (QED) is 0.0428. The third kappa shape index (κ3) is 14.7. The summed E-state index contributed by atoms with van der Waals surface area (Å²) in [5.74, 6) is 0. The summed E-state index contributed by atoms with van der Waals surface area (Å²) in [7, 11) is -15.6. The van der Waals surface area contributed by atoms with E-state index in [0.29, 0.717) is 39.0 Å². The summed E-state index contributed by atoms with van der Waals surface area (Å²) in [5, 5.41) is 2.35. The Balaban J connectivity index is 1.10. The molecule has 0 bridgehead atoms. The predicted molar refractivity (Wildman–Crippen MR) is 310 cm³/mol. The highest BCUT2D eigenvalue weighted by Gasteiger charge is 2.29. The molecule has 77 heavy (non-hydrogen) atoms. The highest BCUT2D eigenvalue weighted by Crippen LogP contribution is 2.29. The third-order valence-electron chi connectivity index (χ3n) is 14.3. The molecule has 0 radical (unpaired) electrons. The van der Waals surface area contributed by atoms with Crippen LogP contribution in [0.15, 0.2) is 165 Å². The zero-order valence-electron chi connectivity index (χ0n) is 45.5. The van der Waals surface area contributed by atoms with E-state index in [1.165, 1.54) is 28.0 Å². The summed E-state index contributed by atoms with van der Waals surface area (Å²) >= 11 is 0. The molecule has 1 heterocycles. The van der Waals surface area contributed by atoms with Gasteiger partial charge in [-0.2, -0.15) is 17.2 Å². The van der Waals surface area contributed by atoms with Gasteiger partial charge in [0.1, 0.15) is 0 Å². The van der Waals surface area contributed by atoms with Crippen LogP contribution in [0.2, 0.25) is 0 Å². The summed E-state index contributed by atoms with van der Waals surface area (Å²) in [6.07, 6.45) is 2.20. The molecule has 414 valence electrons. The Morgan fingerprint density at radius 2 is 0.584 bits per heavy atom. The number of aromatic nitrogens is 1. The first-order valence-electron chi connectivity index (χ1n) is 26.7. The molecule has 0 fully saturated rings. The van der Waals surface area contributed by atoms with Gasteiger partial charge in [0.25, 0.3) is 0 Å². The monoisotopic (exact) mass is 1120 g/mol. The highest BCUT2D eigenvalue weighted by atomic mass is 32.2. The summed E-state index contributed by atoms with van der Waals surface area (Å²) in [4.78, 5) is 2.98. The van der Waals surface area contributed by atoms with Crippen molar-refractivity contribution in [2.45, 2.75) is 99.8 Å². The van der Waals surface area contributed by atoms with Crippen LogP contribution in [0.25, 0.3) is 21.8 Å². The number of fused-ring (bicyclic) bond motifs is 3. The van der Waals surface area contributed by atoms with Crippen molar-refractivity contribution in [3.63, 3.8) is 0 Å². The van der Waals surface area contributed by atoms with Crippen molar-refractivity contribution in [1.82, 2.24) is 26.7 Å². The summed E-state index contributed by atoms with van der Waals surface area (Å²) in [6, 6.07) is 43.7. The largest absolute Gasteiger partial charge is 0.340 e. The molecule has 14 nitrogen and oxygen atoms in total. The maximum absolute atomic E-state index is 14.5. The second-order valence-corrected chi connectivity index (χ2v) is 27.6. The van der Waals surface area contributed by atoms with Gasteiger partial charge >= 0.3 is 0 Å². The van der Waals surface area contributed by atoms with Crippen LogP contribution in [0, 0.1) is 27.7 Å². The first-order valence-corrected chi connectivity index (χ1v) is 32.5. The van der Waals surface area contributed by atoms with E-state index in [2.05, 4.69) is 33.7 Å². The predicted octanol–water partition coefficient (Wildman–Crippen LogP) is 10.1. The molecule has 0 N–H and O–H groups in total. The lowest BCUT2D eigenvalue weighted by Crippen LogP contribution is -2.39. The Kier molecular flexibility index (Phi) is 20.5. The van der Waals surface area contributed by atoms with Gasteiger partial charge in [-0.1, -0.05) is 121 Å². The van der Waals surface area contributed by atoms with Crippen LogP contribution in [0.4, 0.5) is 0 Å². The molecule has 0 aliphatic heterocycles. The molecule has 0 saturated heterocycles. The van der Waals surface area contributed by atoms with Gasteiger partial charge in [0, 0.05) is 80.7 Å². The molecule has 0 unspecified atom stereocenters. The van der Waals surface area contributed by atoms with Crippen molar-refractivity contribution in [1.29, 1.82) is 0 Å². The molecule has 6 aromatic carbocycles. The molecular formula is C59H76N6O8S4. The van der Waals surface area contributed by atoms with Gasteiger partial charge in [-0.3, -0.25) is 0 Å². The van der Waals surface area contributed by atoms with Crippen molar-refractivity contribution in [3.8, 4) is 0 Å². The molecule has 7 aromatic rings. The van der Waals surface area contributed by atoms with Gasteiger partial charge in [-0.25, -0.2) is 33.7 Å². The Bertz CT molecular complexity index is 3270. The topological polar surface area (TPSA) is 158 Å². The number of sulfonamides is 4. The first kappa shape index (κ1) is 59.4. The molecule has 0 saturated carbocycles. The number of nitrogens with zero attached hydrogens (tertiary/aromatic N) is 6. The Morgan fingerprint density at radius 1 is 0.325 bits per heavy atom. The van der Waals surface area contributed by atoms with Crippen LogP contribution in [0.5, 0.6) is 0 Å². The van der Waals surface area contributed by atoms with E-state index in [0.717, 1.165) is 39.7 Å². The van der Waals surface area contributed by atoms with Crippen LogP contribution in [0.1, 0.15) is 68.2 Å². The minimum Gasteiger partial charge on any atom is -0.340 e. The zero-order chi connectivity index (χ0) is 55.4. The van der Waals surface area contributed by atoms with E-state index in [4.69, 9.17) is 0 Å². The molecule has 7 rings (SSSR count). The lowest BCUT2D eigenvalue weighted by atomic mass is 10.2. The number of para-hydroxylation sites is 2. The molecule has 0 spiro atoms. The standard InChI is InChI=1S/C59H76N6O8S4/c1-7-61(74(66,67)52-30-22-48(3)23-31-52)41-16-45-63(76(70,71)54-34-26-50(5)27-35-54)43-13-38-60(40-15-47-65-58-20-11-9-18-56(58)57-19-10-12-21-59(57)65)39-14-44-64(77(72,73)55-36-28-51(6)29-37-55)46-17-42-62(8-2)75(68,69)53-32-24-49(4)25-33-53/h9-12,18-37H,7-8,13-17,38-47H2,1-6H3. The fourth-order valence-corrected chi connectivity index (χ4v) is 15.9. The van der Waals surface area contributed by atoms with Gasteiger partial charge in [0.2, 0.25) is 40.1 Å². The second kappa shape index (κ2) is 26.6. The minimum absolute atomic E-state index is 0.0948. The lowest BCUT2D eigenvalue weighted by Gasteiger charge is -2.28. The Morgan fingerprint density at radius 3 is 0.896 bits per heavy atom. The van der Waals surface area contributed by atoms with Crippen molar-refractivity contribution in [2.75, 3.05) is 72.0 Å². The molecule has 1 aromatic heterocycles. The molecular weight excluding hydrogens is 1050 g/mol. The molecule has 18 heteroatoms. The van der Waals surface area contributed by atoms with Gasteiger partial charge in [-0.15, -0.1) is 0 Å². The average molecular weight is 1130 g/mol. The SMILES string of the molecule is CCN(CCCN(CCCN(CCCN(CCCN(CC)S(=O)(=O)c1ccc(C)cc1)S(=O)(=O)c1ccc(C)cc1)CCCn1c2ccccc2c2ccccc21)S(=O)(=O)c1ccc(C)cc1)S(=O)(=O)c1ccc(C)cc1. The van der Waals surface area contributed by atoms with Crippen LogP contribution in [-0.2, 0) is 46.6 Å². The summed E-state index contributed by atoms with van der Waals surface area (Å²) in [6.45, 7) is 14.7. The Labute approximate surface area is 459 Å². The number of benzene rings is 6. The van der Waals surface area contributed by atoms with Crippen LogP contribution in [-0.4, -0.2) is 132 Å². The fourth-order valence-electron chi connectivity index (χ4n) is 9.86. The first-order chi connectivity index (χ1) is 36.8. The van der Waals surface area contributed by atoms with Gasteiger partial charge < -0.3 is 9.47 Å². The van der Waals surface area contributed by atoms with E-state index in [-0.39, 0.29) is 84.8 Å². The minimum atomic E-state index is -3.99. The van der Waals surface area contributed by atoms with Crippen LogP contribution in [0.3, 0.4) is 0 Å². The van der Waals surface area contributed by atoms with Crippen molar-refractivity contribution in [3.05, 3.63) is 168 Å². The van der Waals surface area contributed by atoms with Crippen molar-refractivity contribution < 1.29 is 33.7 Å².